The Morgan fingerprint density at radius 3 is 2.28 bits per heavy atom. The van der Waals surface area contributed by atoms with Crippen molar-refractivity contribution < 1.29 is 62.0 Å². The average Bonchev–Trinajstić information content (AvgIpc) is 2.37. The number of rotatable bonds is 4. The fourth-order valence-electron chi connectivity index (χ4n) is 3.38. The van der Waals surface area contributed by atoms with Crippen LogP contribution in [-0.2, 0) is 35.3 Å². The number of β-lactam (4-membered cyclic amide) rings is 1. The van der Waals surface area contributed by atoms with Gasteiger partial charge in [0.05, 0.1) is 5.97 Å². The first-order valence-electron chi connectivity index (χ1n) is 7.22. The van der Waals surface area contributed by atoms with Gasteiger partial charge >= 0.3 is 29.6 Å². The van der Waals surface area contributed by atoms with Crippen LogP contribution in [0.3, 0.4) is 0 Å². The minimum atomic E-state index is -4.12. The summed E-state index contributed by atoms with van der Waals surface area (Å²) < 4.78 is 41.6. The fourth-order valence-corrected chi connectivity index (χ4v) is 7.94. The van der Waals surface area contributed by atoms with Crippen molar-refractivity contribution >= 4 is 32.9 Å². The minimum absolute atomic E-state index is 0. The van der Waals surface area contributed by atoms with Crippen LogP contribution in [0.25, 0.3) is 0 Å². The second-order valence-electron chi connectivity index (χ2n) is 6.85. The maximum Gasteiger partial charge on any atom is 1.00 e. The van der Waals surface area contributed by atoms with Gasteiger partial charge in [-0.2, -0.15) is 0 Å². The quantitative estimate of drug-likeness (QED) is 0.265. The zero-order chi connectivity index (χ0) is 18.6. The van der Waals surface area contributed by atoms with Crippen LogP contribution in [0.5, 0.6) is 0 Å². The number of carboxylic acid groups (broad SMARTS) is 1. The van der Waals surface area contributed by atoms with Crippen LogP contribution in [0.2, 0.25) is 0 Å². The van der Waals surface area contributed by atoms with Crippen molar-refractivity contribution in [3.8, 4) is 0 Å². The molecule has 0 aliphatic carbocycles. The number of hydrogen-bond acceptors (Lipinski definition) is 7. The molecule has 0 aromatic heterocycles. The van der Waals surface area contributed by atoms with Gasteiger partial charge in [0.2, 0.25) is 14.4 Å². The van der Waals surface area contributed by atoms with E-state index < -0.39 is 60.1 Å². The van der Waals surface area contributed by atoms with E-state index in [1.165, 1.54) is 18.9 Å². The van der Waals surface area contributed by atoms with Crippen molar-refractivity contribution in [3.63, 3.8) is 0 Å². The van der Waals surface area contributed by atoms with Crippen LogP contribution in [0, 0.1) is 5.41 Å². The number of allylic oxidation sites excluding steroid dienone is 1. The van der Waals surface area contributed by atoms with E-state index in [-0.39, 0.29) is 35.1 Å². The molecule has 2 aliphatic heterocycles. The Hall–Kier alpha value is -0.100. The van der Waals surface area contributed by atoms with E-state index in [0.29, 0.717) is 5.70 Å². The number of aliphatic carboxylic acids is 1. The number of carboxylic acids is 1. The third-order valence-electron chi connectivity index (χ3n) is 4.06. The number of ether oxygens (including phenoxy) is 1. The molecule has 1 fully saturated rings. The van der Waals surface area contributed by atoms with Crippen LogP contribution in [-0.4, -0.2) is 58.7 Å². The molecule has 2 aliphatic rings. The molecule has 2 rings (SSSR count). The molecular formula is C14H20NNaO7S2. The van der Waals surface area contributed by atoms with E-state index >= 15 is 0 Å². The summed E-state index contributed by atoms with van der Waals surface area (Å²) in [4.78, 5) is 24.2. The van der Waals surface area contributed by atoms with Gasteiger partial charge in [-0.3, -0.25) is 9.69 Å². The van der Waals surface area contributed by atoms with Gasteiger partial charge in [0.15, 0.2) is 11.5 Å². The molecule has 4 atom stereocenters. The molecule has 0 aromatic rings. The Kier molecular flexibility index (Phi) is 6.88. The molecule has 0 saturated carbocycles. The van der Waals surface area contributed by atoms with E-state index in [4.69, 9.17) is 4.74 Å². The van der Waals surface area contributed by atoms with Gasteiger partial charge in [0.1, 0.15) is 5.75 Å². The maximum atomic E-state index is 12.9. The number of sulfone groups is 1. The van der Waals surface area contributed by atoms with Crippen molar-refractivity contribution in [2.75, 3.05) is 12.9 Å². The monoisotopic (exact) mass is 401 g/mol. The summed E-state index contributed by atoms with van der Waals surface area (Å²) in [5.41, 5.74) is 0.0647. The van der Waals surface area contributed by atoms with Crippen LogP contribution in [0.4, 0.5) is 0 Å². The predicted molar refractivity (Wildman–Crippen MR) is 84.3 cm³/mol. The first kappa shape index (κ1) is 22.9. The smallest absolute Gasteiger partial charge is 0.615 e. The first-order valence-corrected chi connectivity index (χ1v) is 10.2. The van der Waals surface area contributed by atoms with Crippen LogP contribution in [0.1, 0.15) is 27.7 Å². The van der Waals surface area contributed by atoms with Crippen molar-refractivity contribution in [3.05, 3.63) is 11.3 Å². The minimum Gasteiger partial charge on any atom is -0.615 e. The number of methoxy groups -OCH3 is 1. The van der Waals surface area contributed by atoms with Crippen LogP contribution < -0.4 is 34.7 Å². The number of amides is 1. The Bertz CT molecular complexity index is 713. The van der Waals surface area contributed by atoms with Crippen molar-refractivity contribution in [2.24, 2.45) is 5.41 Å². The van der Waals surface area contributed by atoms with Gasteiger partial charge in [-0.25, -0.2) is 8.42 Å². The zero-order valence-electron chi connectivity index (χ0n) is 15.1. The number of fused-ring (bicyclic) bond motifs is 1. The average molecular weight is 401 g/mol. The first-order chi connectivity index (χ1) is 10.9. The zero-order valence-corrected chi connectivity index (χ0v) is 18.7. The normalized spacial score (nSPS) is 29.4. The third kappa shape index (κ3) is 3.67. The Balaban J connectivity index is 0.00000312. The molecule has 25 heavy (non-hydrogen) atoms. The predicted octanol–water partition coefficient (Wildman–Crippen LogP) is -4.25. The van der Waals surface area contributed by atoms with Gasteiger partial charge in [-0.05, 0) is 18.1 Å². The molecule has 0 aromatic carbocycles. The van der Waals surface area contributed by atoms with Crippen molar-refractivity contribution in [2.45, 2.75) is 43.8 Å². The summed E-state index contributed by atoms with van der Waals surface area (Å²) in [6, 6.07) is 0. The van der Waals surface area contributed by atoms with Crippen LogP contribution >= 0.6 is 0 Å². The second-order valence-corrected chi connectivity index (χ2v) is 10.8. The Morgan fingerprint density at radius 2 is 1.88 bits per heavy atom. The van der Waals surface area contributed by atoms with Crippen molar-refractivity contribution in [1.82, 2.24) is 4.90 Å². The number of hydrogen-bond donors (Lipinski definition) is 0. The summed E-state index contributed by atoms with van der Waals surface area (Å²) >= 11 is -2.22. The standard InChI is InChI=1S/C14H21NO7S2.Na/c1-7-10(14(2,3)4)15-11(18)9(22-5)12(15)24(20,21)13(7)23(19)6-8(16)17;/h9,12-13H,6H2,1-5H3,(H,16,17);/q;+1/p-1/t9-,12-,13?,23?;/m0./s1. The molecule has 2 unspecified atom stereocenters. The number of nitrogens with zero attached hydrogens (tertiary/aromatic N) is 1. The summed E-state index contributed by atoms with van der Waals surface area (Å²) in [7, 11) is -2.89. The largest absolute Gasteiger partial charge is 1.00 e. The molecule has 1 amide bonds. The fraction of sp³-hybridized carbons (Fsp3) is 0.714. The summed E-state index contributed by atoms with van der Waals surface area (Å²) in [5.74, 6) is -2.96. The van der Waals surface area contributed by atoms with E-state index in [9.17, 15) is 27.7 Å². The molecule has 0 radical (unpaired) electrons. The van der Waals surface area contributed by atoms with Gasteiger partial charge in [0, 0.05) is 23.8 Å². The van der Waals surface area contributed by atoms with E-state index in [1.54, 1.807) is 20.8 Å². The molecule has 11 heteroatoms. The summed E-state index contributed by atoms with van der Waals surface area (Å²) in [6.45, 7) is 6.87. The van der Waals surface area contributed by atoms with Gasteiger partial charge in [-0.1, -0.05) is 20.8 Å². The molecule has 1 saturated heterocycles. The SMILES string of the molecule is CO[C@H]1C(=O)N2C(C(C)(C)C)=C(C)C([S+]([O-])CC(=O)[O-])S(=O)(=O)[C@@H]12.[Na+]. The van der Waals surface area contributed by atoms with Crippen molar-refractivity contribution in [1.29, 1.82) is 0 Å². The Morgan fingerprint density at radius 1 is 1.36 bits per heavy atom. The van der Waals surface area contributed by atoms with Gasteiger partial charge < -0.3 is 19.2 Å². The number of carbonyl (C=O) groups excluding carboxylic acids is 2. The molecule has 0 spiro atoms. The molecule has 2 heterocycles. The molecule has 0 N–H and O–H groups in total. The summed E-state index contributed by atoms with van der Waals surface area (Å²) in [5, 5.41) is 9.49. The molecule has 8 nitrogen and oxygen atoms in total. The number of carbonyl (C=O) groups is 2. The van der Waals surface area contributed by atoms with Gasteiger partial charge in [-0.15, -0.1) is 0 Å². The van der Waals surface area contributed by atoms with E-state index in [1.807, 2.05) is 0 Å². The van der Waals surface area contributed by atoms with E-state index in [0.717, 1.165) is 0 Å². The molecule has 136 valence electrons. The molecule has 0 bridgehead atoms. The Labute approximate surface area is 172 Å². The van der Waals surface area contributed by atoms with E-state index in [2.05, 4.69) is 0 Å². The maximum absolute atomic E-state index is 12.9. The molecular weight excluding hydrogens is 381 g/mol. The van der Waals surface area contributed by atoms with Gasteiger partial charge in [0.25, 0.3) is 5.91 Å². The summed E-state index contributed by atoms with van der Waals surface area (Å²) in [6.07, 6.45) is -1.18. The third-order valence-corrected chi connectivity index (χ3v) is 8.94. The topological polar surface area (TPSA) is 127 Å². The second kappa shape index (κ2) is 7.49. The van der Waals surface area contributed by atoms with Crippen LogP contribution in [0.15, 0.2) is 11.3 Å².